The molecule has 2 aromatic rings. The Bertz CT molecular complexity index is 916. The Hall–Kier alpha value is -2.54. The molecule has 0 unspecified atom stereocenters. The zero-order valence-electron chi connectivity index (χ0n) is 16.2. The molecule has 0 bridgehead atoms. The van der Waals surface area contributed by atoms with Crippen LogP contribution in [0.15, 0.2) is 53.4 Å². The van der Waals surface area contributed by atoms with Crippen LogP contribution in [0.3, 0.4) is 0 Å². The number of hydrogen-bond acceptors (Lipinski definition) is 4. The smallest absolute Gasteiger partial charge is 0.262 e. The quantitative estimate of drug-likeness (QED) is 0.786. The van der Waals surface area contributed by atoms with Gasteiger partial charge in [0.15, 0.2) is 0 Å². The molecule has 0 aromatic heterocycles. The zero-order chi connectivity index (χ0) is 20.2. The molecule has 0 aliphatic rings. The third-order valence-corrected chi connectivity index (χ3v) is 4.75. The first-order valence-electron chi connectivity index (χ1n) is 8.69. The molecule has 6 nitrogen and oxygen atoms in total. The van der Waals surface area contributed by atoms with Crippen molar-refractivity contribution in [3.05, 3.63) is 54.1 Å². The summed E-state index contributed by atoms with van der Waals surface area (Å²) in [6, 6.07) is 12.7. The van der Waals surface area contributed by atoms with Gasteiger partial charge in [-0.3, -0.25) is 9.52 Å². The normalized spacial score (nSPS) is 11.9. The van der Waals surface area contributed by atoms with E-state index >= 15 is 0 Å². The minimum Gasteiger partial charge on any atom is -0.489 e. The van der Waals surface area contributed by atoms with Crippen LogP contribution in [0, 0.1) is 0 Å². The van der Waals surface area contributed by atoms with Gasteiger partial charge in [0, 0.05) is 11.1 Å². The molecule has 0 saturated heterocycles. The summed E-state index contributed by atoms with van der Waals surface area (Å²) >= 11 is 0. The van der Waals surface area contributed by atoms with E-state index < -0.39 is 15.6 Å². The Kier molecular flexibility index (Phi) is 6.15. The van der Waals surface area contributed by atoms with Crippen LogP contribution in [-0.4, -0.2) is 26.0 Å². The summed E-state index contributed by atoms with van der Waals surface area (Å²) in [5.74, 6) is 0.112. The summed E-state index contributed by atoms with van der Waals surface area (Å²) in [5, 5.41) is 2.82. The lowest BCUT2D eigenvalue weighted by Crippen LogP contribution is -2.40. The fourth-order valence-corrected chi connectivity index (χ4v) is 3.44. The molecular weight excluding hydrogens is 364 g/mol. The van der Waals surface area contributed by atoms with Crippen molar-refractivity contribution >= 4 is 21.6 Å². The van der Waals surface area contributed by atoms with E-state index in [9.17, 15) is 13.2 Å². The number of amides is 1. The number of hydrogen-bond donors (Lipinski definition) is 2. The van der Waals surface area contributed by atoms with Gasteiger partial charge in [0.2, 0.25) is 0 Å². The maximum Gasteiger partial charge on any atom is 0.262 e. The summed E-state index contributed by atoms with van der Waals surface area (Å²) in [4.78, 5) is 12.3. The molecule has 0 radical (unpaired) electrons. The molecule has 0 spiro atoms. The predicted octanol–water partition coefficient (Wildman–Crippen LogP) is 3.80. The number of carbonyl (C=O) groups excluding carboxylic acids is 1. The predicted molar refractivity (Wildman–Crippen MR) is 107 cm³/mol. The second kappa shape index (κ2) is 8.00. The molecule has 0 aliphatic carbocycles. The molecule has 1 amide bonds. The third-order valence-electron chi connectivity index (χ3n) is 3.39. The largest absolute Gasteiger partial charge is 0.489 e. The molecular formula is C20H26N2O4S. The Labute approximate surface area is 161 Å². The Morgan fingerprint density at radius 2 is 1.70 bits per heavy atom. The Morgan fingerprint density at radius 3 is 2.33 bits per heavy atom. The number of sulfonamides is 1. The van der Waals surface area contributed by atoms with E-state index in [4.69, 9.17) is 4.74 Å². The van der Waals surface area contributed by atoms with Crippen molar-refractivity contribution in [2.24, 2.45) is 0 Å². The van der Waals surface area contributed by atoms with Crippen LogP contribution >= 0.6 is 0 Å². The summed E-state index contributed by atoms with van der Waals surface area (Å²) in [5.41, 5.74) is 0.201. The molecule has 0 heterocycles. The molecule has 2 rings (SSSR count). The minimum atomic E-state index is -3.88. The second-order valence-corrected chi connectivity index (χ2v) is 9.18. The summed E-state index contributed by atoms with van der Waals surface area (Å²) in [7, 11) is -3.88. The van der Waals surface area contributed by atoms with Crippen LogP contribution in [0.4, 0.5) is 5.69 Å². The average Bonchev–Trinajstić information content (AvgIpc) is 2.54. The Balaban J connectivity index is 2.30. The highest BCUT2D eigenvalue weighted by molar-refractivity contribution is 7.92. The SMILES string of the molecule is CC(C)Oc1ccccc1NS(=O)(=O)c1cccc(C(=O)NC(C)(C)C)c1. The fourth-order valence-electron chi connectivity index (χ4n) is 2.33. The van der Waals surface area contributed by atoms with Gasteiger partial charge in [-0.15, -0.1) is 0 Å². The highest BCUT2D eigenvalue weighted by Gasteiger charge is 2.20. The highest BCUT2D eigenvalue weighted by atomic mass is 32.2. The van der Waals surface area contributed by atoms with Crippen molar-refractivity contribution in [2.75, 3.05) is 4.72 Å². The summed E-state index contributed by atoms with van der Waals surface area (Å²) < 4.78 is 33.8. The van der Waals surface area contributed by atoms with Crippen LogP contribution in [0.5, 0.6) is 5.75 Å². The van der Waals surface area contributed by atoms with Gasteiger partial charge in [-0.1, -0.05) is 18.2 Å². The van der Waals surface area contributed by atoms with Crippen molar-refractivity contribution in [3.63, 3.8) is 0 Å². The number of carbonyl (C=O) groups is 1. The number of anilines is 1. The maximum absolute atomic E-state index is 12.8. The van der Waals surface area contributed by atoms with Gasteiger partial charge < -0.3 is 10.1 Å². The maximum atomic E-state index is 12.8. The minimum absolute atomic E-state index is 0.00316. The lowest BCUT2D eigenvalue weighted by molar-refractivity contribution is 0.0919. The van der Waals surface area contributed by atoms with E-state index in [0.29, 0.717) is 11.4 Å². The van der Waals surface area contributed by atoms with Crippen molar-refractivity contribution in [1.29, 1.82) is 0 Å². The average molecular weight is 391 g/mol. The van der Waals surface area contributed by atoms with Gasteiger partial charge in [0.1, 0.15) is 5.75 Å². The number of benzene rings is 2. The van der Waals surface area contributed by atoms with Crippen molar-refractivity contribution in [3.8, 4) is 5.75 Å². The van der Waals surface area contributed by atoms with Gasteiger partial charge in [-0.25, -0.2) is 8.42 Å². The van der Waals surface area contributed by atoms with Crippen LogP contribution in [0.1, 0.15) is 45.0 Å². The highest BCUT2D eigenvalue weighted by Crippen LogP contribution is 2.27. The molecule has 0 aliphatic heterocycles. The third kappa shape index (κ3) is 5.99. The van der Waals surface area contributed by atoms with Gasteiger partial charge in [-0.2, -0.15) is 0 Å². The molecule has 2 N–H and O–H groups in total. The van der Waals surface area contributed by atoms with E-state index in [1.54, 1.807) is 36.4 Å². The monoisotopic (exact) mass is 390 g/mol. The number of para-hydroxylation sites is 2. The topological polar surface area (TPSA) is 84.5 Å². The van der Waals surface area contributed by atoms with Gasteiger partial charge in [0.25, 0.3) is 15.9 Å². The van der Waals surface area contributed by atoms with Crippen molar-refractivity contribution < 1.29 is 17.9 Å². The summed E-state index contributed by atoms with van der Waals surface area (Å²) in [6.07, 6.45) is -0.0972. The van der Waals surface area contributed by atoms with Crippen LogP contribution in [-0.2, 0) is 10.0 Å². The number of ether oxygens (including phenoxy) is 1. The van der Waals surface area contributed by atoms with E-state index in [2.05, 4.69) is 10.0 Å². The Morgan fingerprint density at radius 1 is 1.04 bits per heavy atom. The molecule has 0 saturated carbocycles. The number of nitrogens with one attached hydrogen (secondary N) is 2. The van der Waals surface area contributed by atoms with E-state index in [1.165, 1.54) is 12.1 Å². The lowest BCUT2D eigenvalue weighted by Gasteiger charge is -2.20. The van der Waals surface area contributed by atoms with Gasteiger partial charge >= 0.3 is 0 Å². The molecule has 146 valence electrons. The zero-order valence-corrected chi connectivity index (χ0v) is 17.1. The van der Waals surface area contributed by atoms with Crippen LogP contribution < -0.4 is 14.8 Å². The van der Waals surface area contributed by atoms with Crippen molar-refractivity contribution in [2.45, 2.75) is 51.2 Å². The molecule has 7 heteroatoms. The lowest BCUT2D eigenvalue weighted by atomic mass is 10.1. The fraction of sp³-hybridized carbons (Fsp3) is 0.350. The first-order valence-corrected chi connectivity index (χ1v) is 10.2. The van der Waals surface area contributed by atoms with E-state index in [1.807, 2.05) is 34.6 Å². The van der Waals surface area contributed by atoms with Crippen molar-refractivity contribution in [1.82, 2.24) is 5.32 Å². The van der Waals surface area contributed by atoms with Gasteiger partial charge in [-0.05, 0) is 65.0 Å². The standard InChI is InChI=1S/C20H26N2O4S/c1-14(2)26-18-12-7-6-11-17(18)22-27(24,25)16-10-8-9-15(13-16)19(23)21-20(3,4)5/h6-14,22H,1-5H3,(H,21,23). The van der Waals surface area contributed by atoms with Crippen LogP contribution in [0.25, 0.3) is 0 Å². The number of rotatable bonds is 6. The first kappa shape index (κ1) is 20.8. The first-order chi connectivity index (χ1) is 12.5. The van der Waals surface area contributed by atoms with E-state index in [-0.39, 0.29) is 22.5 Å². The molecule has 0 atom stereocenters. The molecule has 0 fully saturated rings. The van der Waals surface area contributed by atoms with Gasteiger partial charge in [0.05, 0.1) is 16.7 Å². The molecule has 2 aromatic carbocycles. The summed E-state index contributed by atoms with van der Waals surface area (Å²) in [6.45, 7) is 9.31. The molecule has 27 heavy (non-hydrogen) atoms. The van der Waals surface area contributed by atoms with E-state index in [0.717, 1.165) is 0 Å². The second-order valence-electron chi connectivity index (χ2n) is 7.50. The van der Waals surface area contributed by atoms with Crippen LogP contribution in [0.2, 0.25) is 0 Å².